The average molecular weight is 1950 g/mol. The van der Waals surface area contributed by atoms with Crippen LogP contribution in [-0.4, -0.2) is 289 Å². The molecule has 26 N–H and O–H groups in total. The molecule has 1 aliphatic heterocycles. The van der Waals surface area contributed by atoms with E-state index >= 15 is 4.79 Å². The molecule has 0 spiro atoms. The molecule has 0 aliphatic carbocycles. The number of aromatic nitrogens is 2. The monoisotopic (exact) mass is 1950 g/mol. The molecule has 2 aromatic heterocycles. The number of aliphatic hydroxyl groups is 2. The van der Waals surface area contributed by atoms with Gasteiger partial charge in [0.2, 0.25) is 106 Å². The van der Waals surface area contributed by atoms with Crippen molar-refractivity contribution in [3.8, 4) is 5.75 Å². The highest BCUT2D eigenvalue weighted by Gasteiger charge is 2.42. The fourth-order valence-electron chi connectivity index (χ4n) is 15.0. The molecule has 1 aliphatic rings. The van der Waals surface area contributed by atoms with Crippen LogP contribution in [0.25, 0.3) is 21.8 Å². The number of rotatable bonds is 55. The summed E-state index contributed by atoms with van der Waals surface area (Å²) in [4.78, 5) is 269. The number of likely N-dealkylation sites (tertiary alicyclic amines) is 1. The smallest absolute Gasteiger partial charge is 0.325 e. The van der Waals surface area contributed by atoms with Crippen molar-refractivity contribution >= 4 is 159 Å². The normalized spacial score (nSPS) is 15.8. The van der Waals surface area contributed by atoms with Gasteiger partial charge in [-0.25, -0.2) is 0 Å². The average Bonchev–Trinajstić information content (AvgIpc) is 1.74. The molecule has 44 nitrogen and oxygen atoms in total. The summed E-state index contributed by atoms with van der Waals surface area (Å²) in [7, 11) is 0. The van der Waals surface area contributed by atoms with E-state index in [0.29, 0.717) is 38.5 Å². The maximum absolute atomic E-state index is 15.0. The lowest BCUT2D eigenvalue weighted by molar-refractivity contribution is -0.142. The van der Waals surface area contributed by atoms with E-state index in [9.17, 15) is 107 Å². The van der Waals surface area contributed by atoms with Gasteiger partial charge in [-0.05, 0) is 123 Å². The first-order valence-corrected chi connectivity index (χ1v) is 46.6. The van der Waals surface area contributed by atoms with Crippen molar-refractivity contribution in [3.05, 3.63) is 102 Å². The molecule has 1 saturated heterocycles. The summed E-state index contributed by atoms with van der Waals surface area (Å²) in [5.74, 6) is -20.4. The Morgan fingerprint density at radius 2 is 0.847 bits per heavy atom. The molecule has 0 bridgehead atoms. The molecule has 752 valence electrons. The molecule has 46 heteroatoms. The second kappa shape index (κ2) is 54.7. The Hall–Kier alpha value is -13.0. The number of nitrogens with one attached hydrogen (secondary N) is 18. The molecule has 0 saturated carbocycles. The van der Waals surface area contributed by atoms with Crippen LogP contribution in [-0.2, 0) is 110 Å². The summed E-state index contributed by atoms with van der Waals surface area (Å²) in [6.07, 6.45) is 0.582. The van der Waals surface area contributed by atoms with Gasteiger partial charge in [-0.3, -0.25) is 91.1 Å². The van der Waals surface area contributed by atoms with Crippen LogP contribution < -0.4 is 96.5 Å². The van der Waals surface area contributed by atoms with E-state index < -0.39 is 260 Å². The number of para-hydroxylation sites is 2. The van der Waals surface area contributed by atoms with Gasteiger partial charge in [0.25, 0.3) is 0 Å². The van der Waals surface area contributed by atoms with Crippen molar-refractivity contribution < 1.29 is 112 Å². The van der Waals surface area contributed by atoms with Crippen LogP contribution in [0.5, 0.6) is 5.75 Å². The zero-order valence-corrected chi connectivity index (χ0v) is 80.6. The van der Waals surface area contributed by atoms with Crippen LogP contribution in [0.3, 0.4) is 0 Å². The van der Waals surface area contributed by atoms with Crippen LogP contribution in [0, 0.1) is 29.6 Å². The van der Waals surface area contributed by atoms with E-state index in [2.05, 4.69) is 120 Å². The third kappa shape index (κ3) is 35.6. The number of fused-ring (bicyclic) bond motifs is 2. The molecule has 1 fully saturated rings. The van der Waals surface area contributed by atoms with Crippen molar-refractivity contribution in [3.63, 3.8) is 0 Å². The van der Waals surface area contributed by atoms with Gasteiger partial charge in [-0.2, -0.15) is 25.3 Å². The molecule has 0 radical (unpaired) electrons. The largest absolute Gasteiger partial charge is 0.508 e. The minimum absolute atomic E-state index is 0.0102. The quantitative estimate of drug-likeness (QED) is 0.0167. The first-order chi connectivity index (χ1) is 64.6. The molecule has 16 atom stereocenters. The lowest BCUT2D eigenvalue weighted by atomic mass is 9.99. The number of primary amides is 1. The fraction of sp³-hybridized carbons (Fsp3) is 0.549. The number of aliphatic carboxylic acids is 1. The number of carbonyl (C=O) groups excluding carboxylic acids is 18. The lowest BCUT2D eigenvalue weighted by Gasteiger charge is -2.31. The molecule has 0 unspecified atom stereocenters. The number of aliphatic hydroxyl groups excluding tert-OH is 2. The summed E-state index contributed by atoms with van der Waals surface area (Å²) in [5.41, 5.74) is 14.3. The fourth-order valence-corrected chi connectivity index (χ4v) is 15.5. The van der Waals surface area contributed by atoms with Crippen molar-refractivity contribution in [2.24, 2.45) is 41.1 Å². The number of carbonyl (C=O) groups is 19. The molecule has 6 rings (SSSR count). The third-order valence-corrected chi connectivity index (χ3v) is 23.1. The van der Waals surface area contributed by atoms with E-state index in [0.717, 1.165) is 6.92 Å². The Kier molecular flexibility index (Phi) is 45.0. The summed E-state index contributed by atoms with van der Waals surface area (Å²) in [6, 6.07) is -1.74. The number of amides is 18. The van der Waals surface area contributed by atoms with E-state index in [4.69, 9.17) is 11.5 Å². The summed E-state index contributed by atoms with van der Waals surface area (Å²) in [5, 5.41) is 82.7. The zero-order valence-electron chi connectivity index (χ0n) is 78.8. The molecule has 3 heterocycles. The standard InChI is InChI=1S/C91H133N21O23S2/c1-44(2)30-57(92)77(120)107-68(43-137)85(128)102-60(27-28-70(93)116)79(122)106-66(41-113)83(126)103-61(31-45(3)4)78(121)96-40-73(119)109-75(48(9)10)88(131)111-76(50(12)114)89(132)105-65(33-51-23-25-54(115)26-24-51)90(133)112-29-17-22-69(112)86(129)97-38-71(117)100-63(34-52-36-94-58-20-15-13-18-55(52)58)80(123)104-62(32-46(5)6)82(125)110-74(47(7)8)87(130)98-39-72(118)101-64(35-53-37-95-59-21-16-14-19-56(53)59)81(124)108-67(42-136)84(127)99-49(11)91(134)135/h13-16,18-21,23-26,36-37,44-50,57,60-69,74-76,94-95,113-115,136-137H,17,22,27-35,38-43,92H2,1-12H3,(H2,93,116)(H,96,121)(H,97,129)(H,98,130)(H,99,127)(H,100,117)(H,101,118)(H,102,128)(H,103,126)(H,104,123)(H,105,132)(H,106,122)(H,107,120)(H,108,124)(H,109,119)(H,110,125)(H,111,131)(H,134,135)/t49-,50+,57-,60-,61-,62-,63-,64-,65-,66-,67-,68-,69-,74-,75-,76-/m0/s1. The van der Waals surface area contributed by atoms with E-state index in [1.54, 1.807) is 102 Å². The van der Waals surface area contributed by atoms with Crippen LogP contribution in [0.4, 0.5) is 0 Å². The van der Waals surface area contributed by atoms with Crippen molar-refractivity contribution in [2.45, 2.75) is 244 Å². The number of H-pyrrole nitrogens is 2. The van der Waals surface area contributed by atoms with Crippen molar-refractivity contribution in [1.29, 1.82) is 0 Å². The van der Waals surface area contributed by atoms with Gasteiger partial charge in [0.1, 0.15) is 90.3 Å². The Balaban J connectivity index is 1.11. The minimum atomic E-state index is -1.85. The van der Waals surface area contributed by atoms with Crippen molar-refractivity contribution in [1.82, 2.24) is 99.9 Å². The van der Waals surface area contributed by atoms with Crippen LogP contribution in [0.1, 0.15) is 145 Å². The second-order valence-electron chi connectivity index (χ2n) is 35.9. The summed E-state index contributed by atoms with van der Waals surface area (Å²) < 4.78 is 0. The molecule has 18 amide bonds. The molecular formula is C91H133N21O23S2. The molecule has 137 heavy (non-hydrogen) atoms. The third-order valence-electron chi connectivity index (χ3n) is 22.4. The number of phenols is 1. The lowest BCUT2D eigenvalue weighted by Crippen LogP contribution is -2.62. The maximum atomic E-state index is 15.0. The SMILES string of the molecule is CC(C)C[C@H](NC(=O)[C@H](CO)NC(=O)[C@H](CCC(N)=O)NC(=O)[C@H](CS)NC(=O)[C@@H](N)CC(C)C)C(=O)NCC(=O)N[C@H](C(=O)N[C@H](C(=O)N[C@@H](Cc1ccc(O)cc1)C(=O)N1CCC[C@H]1C(=O)NCC(=O)N[C@@H](Cc1c[nH]c2ccccc12)C(=O)N[C@@H](CC(C)C)C(=O)N[C@H](C(=O)NCC(=O)N[C@@H](Cc1c[nH]c2ccccc12)C(=O)N[C@@H](CS)C(=O)N[C@@H](C)C(=O)O)C(C)C)[C@@H](C)O)C(C)C. The predicted octanol–water partition coefficient (Wildman–Crippen LogP) is -3.59. The summed E-state index contributed by atoms with van der Waals surface area (Å²) >= 11 is 8.34. The molecule has 5 aromatic rings. The number of nitrogens with two attached hydrogens (primary N) is 2. The highest BCUT2D eigenvalue weighted by molar-refractivity contribution is 7.80. The second-order valence-corrected chi connectivity index (χ2v) is 36.6. The number of hydrogen-bond donors (Lipinski definition) is 26. The van der Waals surface area contributed by atoms with Gasteiger partial charge in [-0.15, -0.1) is 0 Å². The zero-order chi connectivity index (χ0) is 102. The minimum Gasteiger partial charge on any atom is -0.508 e. The Labute approximate surface area is 803 Å². The number of benzene rings is 3. The van der Waals surface area contributed by atoms with Crippen molar-refractivity contribution in [2.75, 3.05) is 44.3 Å². The maximum Gasteiger partial charge on any atom is 0.325 e. The number of nitrogens with zero attached hydrogens (tertiary/aromatic N) is 1. The Morgan fingerprint density at radius 1 is 0.438 bits per heavy atom. The number of carboxylic acids is 1. The number of phenolic OH excluding ortho intramolecular Hbond substituents is 1. The van der Waals surface area contributed by atoms with Gasteiger partial charge in [0.15, 0.2) is 0 Å². The number of aromatic hydroxyl groups is 1. The van der Waals surface area contributed by atoms with E-state index in [-0.39, 0.29) is 92.9 Å². The highest BCUT2D eigenvalue weighted by Crippen LogP contribution is 2.25. The van der Waals surface area contributed by atoms with Crippen LogP contribution >= 0.6 is 25.3 Å². The molecule has 3 aromatic carbocycles. The number of carboxylic acid groups (broad SMARTS) is 1. The van der Waals surface area contributed by atoms with E-state index in [1.165, 1.54) is 49.9 Å². The Bertz CT molecular complexity index is 5070. The van der Waals surface area contributed by atoms with Crippen LogP contribution in [0.15, 0.2) is 85.2 Å². The van der Waals surface area contributed by atoms with Crippen LogP contribution in [0.2, 0.25) is 0 Å². The van der Waals surface area contributed by atoms with Gasteiger partial charge in [0.05, 0.1) is 38.4 Å². The number of aromatic amines is 2. The first-order valence-electron chi connectivity index (χ1n) is 45.3. The number of hydrogen-bond acceptors (Lipinski definition) is 25. The van der Waals surface area contributed by atoms with Gasteiger partial charge < -0.3 is 132 Å². The summed E-state index contributed by atoms with van der Waals surface area (Å²) in [6.45, 7) is 15.8. The van der Waals surface area contributed by atoms with E-state index in [1.807, 2.05) is 13.8 Å². The number of thiol groups is 2. The molecular weight excluding hydrogens is 1820 g/mol. The first kappa shape index (κ1) is 113. The topological polar surface area (TPSA) is 685 Å². The van der Waals surface area contributed by atoms with Gasteiger partial charge in [0, 0.05) is 77.9 Å². The highest BCUT2D eigenvalue weighted by atomic mass is 32.1. The Morgan fingerprint density at radius 3 is 1.34 bits per heavy atom. The van der Waals surface area contributed by atoms with Gasteiger partial charge >= 0.3 is 5.97 Å². The predicted molar refractivity (Wildman–Crippen MR) is 509 cm³/mol. The van der Waals surface area contributed by atoms with Gasteiger partial charge in [-0.1, -0.05) is 118 Å².